The number of hydrogen-bond donors (Lipinski definition) is 0. The van der Waals surface area contributed by atoms with E-state index in [-0.39, 0.29) is 24.1 Å². The number of carbonyl (C=O) groups excluding carboxylic acids is 1. The summed E-state index contributed by atoms with van der Waals surface area (Å²) in [6.07, 6.45) is 5.09. The van der Waals surface area contributed by atoms with E-state index in [2.05, 4.69) is 13.8 Å². The molecule has 28 heavy (non-hydrogen) atoms. The maximum atomic E-state index is 11.9. The van der Waals surface area contributed by atoms with Crippen molar-refractivity contribution in [3.05, 3.63) is 34.4 Å². The number of rotatable bonds is 15. The highest BCUT2D eigenvalue weighted by Crippen LogP contribution is 2.17. The summed E-state index contributed by atoms with van der Waals surface area (Å²) in [5, 5.41) is 10.6. The summed E-state index contributed by atoms with van der Waals surface area (Å²) >= 11 is 0. The third-order valence-corrected chi connectivity index (χ3v) is 3.93. The number of nitrogens with zero attached hydrogens (tertiary/aromatic N) is 1. The predicted octanol–water partition coefficient (Wildman–Crippen LogP) is 4.89. The standard InChI is InChI=1S/C20H31NO7/c1-3-5-7-13-25-15-19(26-14-8-6-4-2)16-27-20(22)28-18-11-9-17(10-12-18)21(23)24/h9-12,19H,3-8,13-16H2,1-2H3. The smallest absolute Gasteiger partial charge is 0.431 e. The van der Waals surface area contributed by atoms with Crippen molar-refractivity contribution in [2.75, 3.05) is 26.4 Å². The number of hydrogen-bond acceptors (Lipinski definition) is 7. The lowest BCUT2D eigenvalue weighted by molar-refractivity contribution is -0.384. The maximum absolute atomic E-state index is 11.9. The molecule has 0 aromatic heterocycles. The number of non-ortho nitro benzene ring substituents is 1. The second-order valence-corrected chi connectivity index (χ2v) is 6.40. The number of benzene rings is 1. The van der Waals surface area contributed by atoms with Crippen molar-refractivity contribution in [2.24, 2.45) is 0 Å². The lowest BCUT2D eigenvalue weighted by Crippen LogP contribution is -2.28. The number of unbranched alkanes of at least 4 members (excludes halogenated alkanes) is 4. The fourth-order valence-electron chi connectivity index (χ4n) is 2.34. The van der Waals surface area contributed by atoms with E-state index < -0.39 is 11.1 Å². The molecule has 0 bridgehead atoms. The Morgan fingerprint density at radius 2 is 1.64 bits per heavy atom. The third-order valence-electron chi connectivity index (χ3n) is 3.93. The molecule has 0 aliphatic rings. The van der Waals surface area contributed by atoms with Crippen LogP contribution in [0.15, 0.2) is 24.3 Å². The molecule has 0 radical (unpaired) electrons. The van der Waals surface area contributed by atoms with E-state index in [1.807, 2.05) is 0 Å². The average molecular weight is 397 g/mol. The second-order valence-electron chi connectivity index (χ2n) is 6.40. The molecule has 1 atom stereocenters. The molecule has 0 spiro atoms. The molecule has 0 amide bonds. The molecule has 0 saturated heterocycles. The quantitative estimate of drug-likeness (QED) is 0.137. The van der Waals surface area contributed by atoms with Crippen molar-refractivity contribution in [2.45, 2.75) is 58.5 Å². The van der Waals surface area contributed by atoms with Crippen LogP contribution in [0.1, 0.15) is 52.4 Å². The minimum Gasteiger partial charge on any atom is -0.431 e. The SMILES string of the molecule is CCCCCOCC(COC(=O)Oc1ccc([N+](=O)[O-])cc1)OCCCCC. The summed E-state index contributed by atoms with van der Waals surface area (Å²) in [7, 11) is 0. The molecular formula is C20H31NO7. The molecular weight excluding hydrogens is 366 g/mol. The summed E-state index contributed by atoms with van der Waals surface area (Å²) in [6.45, 7) is 5.84. The van der Waals surface area contributed by atoms with Gasteiger partial charge in [-0.3, -0.25) is 10.1 Å². The van der Waals surface area contributed by atoms with E-state index in [9.17, 15) is 14.9 Å². The van der Waals surface area contributed by atoms with Crippen LogP contribution in [-0.4, -0.2) is 43.6 Å². The Hall–Kier alpha value is -2.19. The van der Waals surface area contributed by atoms with Crippen LogP contribution in [0, 0.1) is 10.1 Å². The van der Waals surface area contributed by atoms with Gasteiger partial charge in [-0.25, -0.2) is 4.79 Å². The first-order chi connectivity index (χ1) is 13.6. The van der Waals surface area contributed by atoms with Crippen molar-refractivity contribution in [1.82, 2.24) is 0 Å². The van der Waals surface area contributed by atoms with Crippen LogP contribution >= 0.6 is 0 Å². The van der Waals surface area contributed by atoms with E-state index in [1.165, 1.54) is 24.3 Å². The molecule has 0 N–H and O–H groups in total. The fraction of sp³-hybridized carbons (Fsp3) is 0.650. The molecule has 8 heteroatoms. The summed E-state index contributed by atoms with van der Waals surface area (Å²) in [4.78, 5) is 22.0. The maximum Gasteiger partial charge on any atom is 0.513 e. The summed E-state index contributed by atoms with van der Waals surface area (Å²) in [6, 6.07) is 5.20. The Labute approximate surface area is 166 Å². The molecule has 1 rings (SSSR count). The van der Waals surface area contributed by atoms with E-state index in [1.54, 1.807) is 0 Å². The van der Waals surface area contributed by atoms with Gasteiger partial charge in [0.2, 0.25) is 0 Å². The van der Waals surface area contributed by atoms with Gasteiger partial charge in [-0.2, -0.15) is 0 Å². The normalized spacial score (nSPS) is 11.8. The lowest BCUT2D eigenvalue weighted by atomic mass is 10.2. The van der Waals surface area contributed by atoms with Crippen LogP contribution in [0.2, 0.25) is 0 Å². The fourth-order valence-corrected chi connectivity index (χ4v) is 2.34. The molecule has 0 saturated carbocycles. The van der Waals surface area contributed by atoms with E-state index in [0.29, 0.717) is 19.8 Å². The molecule has 0 aliphatic carbocycles. The first kappa shape index (κ1) is 23.8. The van der Waals surface area contributed by atoms with Crippen LogP contribution in [0.4, 0.5) is 10.5 Å². The molecule has 1 aromatic rings. The van der Waals surface area contributed by atoms with Crippen LogP contribution in [0.25, 0.3) is 0 Å². The Bertz CT molecular complexity index is 562. The molecule has 8 nitrogen and oxygen atoms in total. The van der Waals surface area contributed by atoms with E-state index in [0.717, 1.165) is 38.5 Å². The van der Waals surface area contributed by atoms with Gasteiger partial charge in [0.25, 0.3) is 5.69 Å². The van der Waals surface area contributed by atoms with E-state index in [4.69, 9.17) is 18.9 Å². The van der Waals surface area contributed by atoms with Gasteiger partial charge in [0.15, 0.2) is 0 Å². The Balaban J connectivity index is 2.40. The van der Waals surface area contributed by atoms with Crippen LogP contribution in [0.5, 0.6) is 5.75 Å². The van der Waals surface area contributed by atoms with Crippen LogP contribution < -0.4 is 4.74 Å². The second kappa shape index (κ2) is 14.8. The minimum atomic E-state index is -0.887. The van der Waals surface area contributed by atoms with Crippen molar-refractivity contribution >= 4 is 11.8 Å². The molecule has 158 valence electrons. The number of ether oxygens (including phenoxy) is 4. The summed E-state index contributed by atoms with van der Waals surface area (Å²) < 4.78 is 21.5. The molecule has 0 aliphatic heterocycles. The Morgan fingerprint density at radius 3 is 2.25 bits per heavy atom. The van der Waals surface area contributed by atoms with Crippen LogP contribution in [-0.2, 0) is 14.2 Å². The van der Waals surface area contributed by atoms with Gasteiger partial charge in [0.05, 0.1) is 11.5 Å². The van der Waals surface area contributed by atoms with Crippen molar-refractivity contribution in [3.63, 3.8) is 0 Å². The first-order valence-electron chi connectivity index (χ1n) is 9.85. The predicted molar refractivity (Wildman–Crippen MR) is 105 cm³/mol. The van der Waals surface area contributed by atoms with Gasteiger partial charge in [-0.1, -0.05) is 39.5 Å². The number of nitro benzene ring substituents is 1. The van der Waals surface area contributed by atoms with Crippen LogP contribution in [0.3, 0.4) is 0 Å². The molecule has 0 heterocycles. The highest BCUT2D eigenvalue weighted by Gasteiger charge is 2.15. The van der Waals surface area contributed by atoms with E-state index >= 15 is 0 Å². The average Bonchev–Trinajstić information content (AvgIpc) is 2.69. The number of carbonyl (C=O) groups is 1. The molecule has 1 aromatic carbocycles. The highest BCUT2D eigenvalue weighted by atomic mass is 16.7. The summed E-state index contributed by atoms with van der Waals surface area (Å²) in [5.74, 6) is 0.173. The first-order valence-corrected chi connectivity index (χ1v) is 9.85. The third kappa shape index (κ3) is 10.8. The summed E-state index contributed by atoms with van der Waals surface area (Å²) in [5.41, 5.74) is -0.0820. The Kier molecular flexibility index (Phi) is 12.6. The van der Waals surface area contributed by atoms with Gasteiger partial charge in [0, 0.05) is 25.3 Å². The van der Waals surface area contributed by atoms with Gasteiger partial charge in [0.1, 0.15) is 18.5 Å². The van der Waals surface area contributed by atoms with Crippen molar-refractivity contribution < 1.29 is 28.7 Å². The van der Waals surface area contributed by atoms with Gasteiger partial charge in [-0.15, -0.1) is 0 Å². The Morgan fingerprint density at radius 1 is 1.00 bits per heavy atom. The monoisotopic (exact) mass is 397 g/mol. The number of nitro groups is 1. The largest absolute Gasteiger partial charge is 0.513 e. The molecule has 1 unspecified atom stereocenters. The van der Waals surface area contributed by atoms with Gasteiger partial charge >= 0.3 is 6.16 Å². The molecule has 0 fully saturated rings. The van der Waals surface area contributed by atoms with Crippen molar-refractivity contribution in [3.8, 4) is 5.75 Å². The lowest BCUT2D eigenvalue weighted by Gasteiger charge is -2.18. The zero-order chi connectivity index (χ0) is 20.6. The minimum absolute atomic E-state index is 0.0196. The zero-order valence-electron chi connectivity index (χ0n) is 16.8. The van der Waals surface area contributed by atoms with Gasteiger partial charge in [-0.05, 0) is 25.0 Å². The zero-order valence-corrected chi connectivity index (χ0v) is 16.8. The topological polar surface area (TPSA) is 97.1 Å². The highest BCUT2D eigenvalue weighted by molar-refractivity contribution is 5.64. The van der Waals surface area contributed by atoms with Crippen molar-refractivity contribution in [1.29, 1.82) is 0 Å². The van der Waals surface area contributed by atoms with Gasteiger partial charge < -0.3 is 18.9 Å².